The minimum Gasteiger partial charge on any atom is -0.356 e. The number of likely N-dealkylation sites (N-methyl/N-ethyl adjacent to an activating group) is 1. The number of rotatable bonds is 6. The molecule has 0 unspecified atom stereocenters. The van der Waals surface area contributed by atoms with Crippen molar-refractivity contribution in [3.8, 4) is 0 Å². The van der Waals surface area contributed by atoms with Gasteiger partial charge in [0.2, 0.25) is 5.91 Å². The first kappa shape index (κ1) is 17.4. The van der Waals surface area contributed by atoms with Gasteiger partial charge in [-0.15, -0.1) is 11.3 Å². The van der Waals surface area contributed by atoms with Crippen LogP contribution in [0.25, 0.3) is 0 Å². The number of carbonyl (C=O) groups excluding carboxylic acids is 1. The molecule has 0 aliphatic carbocycles. The van der Waals surface area contributed by atoms with Gasteiger partial charge >= 0.3 is 0 Å². The number of nitrogens with one attached hydrogen (secondary N) is 2. The maximum atomic E-state index is 11.6. The number of aliphatic imine (C=N–C) groups is 1. The summed E-state index contributed by atoms with van der Waals surface area (Å²) >= 11 is 1.68. The molecule has 0 aromatic carbocycles. The van der Waals surface area contributed by atoms with E-state index in [9.17, 15) is 4.79 Å². The van der Waals surface area contributed by atoms with Crippen LogP contribution >= 0.6 is 11.3 Å². The van der Waals surface area contributed by atoms with Crippen LogP contribution < -0.4 is 10.6 Å². The third-order valence-corrected chi connectivity index (χ3v) is 3.97. The van der Waals surface area contributed by atoms with Crippen molar-refractivity contribution < 1.29 is 4.79 Å². The molecule has 0 saturated heterocycles. The van der Waals surface area contributed by atoms with E-state index in [-0.39, 0.29) is 12.5 Å². The van der Waals surface area contributed by atoms with Crippen molar-refractivity contribution in [2.45, 2.75) is 33.7 Å². The molecule has 1 heterocycles. The van der Waals surface area contributed by atoms with E-state index in [0.29, 0.717) is 12.5 Å². The zero-order valence-electron chi connectivity index (χ0n) is 13.5. The monoisotopic (exact) mass is 311 g/mol. The van der Waals surface area contributed by atoms with Gasteiger partial charge in [-0.3, -0.25) is 4.79 Å². The zero-order chi connectivity index (χ0) is 15.8. The van der Waals surface area contributed by atoms with E-state index in [2.05, 4.69) is 34.5 Å². The third-order valence-electron chi connectivity index (χ3n) is 2.89. The normalized spacial score (nSPS) is 11.4. The van der Waals surface area contributed by atoms with Gasteiger partial charge in [0.05, 0.1) is 12.2 Å². The van der Waals surface area contributed by atoms with E-state index in [4.69, 9.17) is 0 Å². The molecule has 0 spiro atoms. The number of amides is 1. The first-order chi connectivity index (χ1) is 9.93. The Balaban J connectivity index is 2.60. The van der Waals surface area contributed by atoms with Crippen molar-refractivity contribution in [1.29, 1.82) is 0 Å². The first-order valence-corrected chi connectivity index (χ1v) is 7.91. The molecule has 7 heteroatoms. The van der Waals surface area contributed by atoms with Crippen LogP contribution in [0.15, 0.2) is 4.99 Å². The molecule has 0 atom stereocenters. The van der Waals surface area contributed by atoms with Crippen LogP contribution in [0.4, 0.5) is 0 Å². The van der Waals surface area contributed by atoms with E-state index >= 15 is 0 Å². The number of hydrogen-bond donors (Lipinski definition) is 2. The molecule has 0 aliphatic heterocycles. The van der Waals surface area contributed by atoms with E-state index in [1.54, 1.807) is 25.4 Å². The van der Waals surface area contributed by atoms with Gasteiger partial charge in [0, 0.05) is 25.5 Å². The molecule has 6 nitrogen and oxygen atoms in total. The Morgan fingerprint density at radius 3 is 2.57 bits per heavy atom. The number of aromatic nitrogens is 1. The average Bonchev–Trinajstić information content (AvgIpc) is 2.76. The second-order valence-electron chi connectivity index (χ2n) is 4.98. The van der Waals surface area contributed by atoms with Crippen molar-refractivity contribution >= 4 is 23.2 Å². The highest BCUT2D eigenvalue weighted by Crippen LogP contribution is 2.15. The number of hydrogen-bond acceptors (Lipinski definition) is 4. The zero-order valence-corrected chi connectivity index (χ0v) is 14.3. The van der Waals surface area contributed by atoms with Crippen molar-refractivity contribution in [1.82, 2.24) is 20.5 Å². The van der Waals surface area contributed by atoms with Crippen LogP contribution in [0, 0.1) is 13.8 Å². The minimum absolute atomic E-state index is 0.0199. The molecule has 118 valence electrons. The smallest absolute Gasteiger partial charge is 0.243 e. The number of guanidine groups is 1. The second kappa shape index (κ2) is 8.61. The lowest BCUT2D eigenvalue weighted by molar-refractivity contribution is -0.127. The van der Waals surface area contributed by atoms with Crippen molar-refractivity contribution in [3.05, 3.63) is 15.6 Å². The summed E-state index contributed by atoms with van der Waals surface area (Å²) in [6.07, 6.45) is 0.998. The maximum absolute atomic E-state index is 11.6. The Morgan fingerprint density at radius 1 is 1.33 bits per heavy atom. The van der Waals surface area contributed by atoms with Crippen molar-refractivity contribution in [3.63, 3.8) is 0 Å². The maximum Gasteiger partial charge on any atom is 0.243 e. The Hall–Kier alpha value is -1.63. The molecule has 1 aromatic heterocycles. The largest absolute Gasteiger partial charge is 0.356 e. The summed E-state index contributed by atoms with van der Waals surface area (Å²) in [5.41, 5.74) is 1.07. The number of aryl methyl sites for hydroxylation is 2. The van der Waals surface area contributed by atoms with Gasteiger partial charge in [-0.2, -0.15) is 0 Å². The average molecular weight is 311 g/mol. The van der Waals surface area contributed by atoms with Gasteiger partial charge in [-0.25, -0.2) is 9.98 Å². The molecule has 0 fully saturated rings. The second-order valence-corrected chi connectivity index (χ2v) is 6.27. The van der Waals surface area contributed by atoms with Crippen LogP contribution in [0.1, 0.15) is 28.9 Å². The highest BCUT2D eigenvalue weighted by molar-refractivity contribution is 7.11. The molecule has 1 rings (SSSR count). The van der Waals surface area contributed by atoms with E-state index in [0.717, 1.165) is 23.7 Å². The summed E-state index contributed by atoms with van der Waals surface area (Å²) in [6, 6.07) is 0. The quantitative estimate of drug-likeness (QED) is 0.613. The Kier molecular flexibility index (Phi) is 7.14. The predicted molar refractivity (Wildman–Crippen MR) is 87.7 cm³/mol. The van der Waals surface area contributed by atoms with Gasteiger partial charge in [0.1, 0.15) is 11.6 Å². The van der Waals surface area contributed by atoms with E-state index in [1.165, 1.54) is 9.78 Å². The molecule has 2 N–H and O–H groups in total. The minimum atomic E-state index is -0.0199. The van der Waals surface area contributed by atoms with E-state index in [1.807, 2.05) is 6.92 Å². The fourth-order valence-electron chi connectivity index (χ4n) is 1.48. The summed E-state index contributed by atoms with van der Waals surface area (Å²) in [5, 5.41) is 7.45. The summed E-state index contributed by atoms with van der Waals surface area (Å²) in [5.74, 6) is 0.631. The van der Waals surface area contributed by atoms with Gasteiger partial charge in [-0.1, -0.05) is 6.92 Å². The Morgan fingerprint density at radius 2 is 2.05 bits per heavy atom. The molecule has 21 heavy (non-hydrogen) atoms. The molecule has 0 saturated carbocycles. The molecule has 0 radical (unpaired) electrons. The highest BCUT2D eigenvalue weighted by atomic mass is 32.1. The van der Waals surface area contributed by atoms with Crippen molar-refractivity contribution in [2.24, 2.45) is 4.99 Å². The predicted octanol–water partition coefficient (Wildman–Crippen LogP) is 1.29. The van der Waals surface area contributed by atoms with Crippen LogP contribution in [-0.4, -0.2) is 48.9 Å². The molecule has 1 amide bonds. The Labute approximate surface area is 130 Å². The first-order valence-electron chi connectivity index (χ1n) is 7.09. The summed E-state index contributed by atoms with van der Waals surface area (Å²) < 4.78 is 0. The number of thiazole rings is 1. The van der Waals surface area contributed by atoms with Gasteiger partial charge in [0.15, 0.2) is 5.96 Å². The van der Waals surface area contributed by atoms with Gasteiger partial charge in [0.25, 0.3) is 0 Å². The fraction of sp³-hybridized carbons (Fsp3) is 0.643. The summed E-state index contributed by atoms with van der Waals surface area (Å²) in [4.78, 5) is 23.2. The molecule has 0 aliphatic rings. The summed E-state index contributed by atoms with van der Waals surface area (Å²) in [6.45, 7) is 7.74. The lowest BCUT2D eigenvalue weighted by atomic mass is 10.4. The standard InChI is InChI=1S/C14H25N5OS/c1-6-7-15-14(17-9-13(20)19(4)5)16-8-12-18-10(2)11(3)21-12/h6-9H2,1-5H3,(H2,15,16,17). The molecular formula is C14H25N5OS. The Bertz CT molecular complexity index is 476. The van der Waals surface area contributed by atoms with Crippen LogP contribution in [0.5, 0.6) is 0 Å². The van der Waals surface area contributed by atoms with Gasteiger partial charge < -0.3 is 15.5 Å². The van der Waals surface area contributed by atoms with E-state index < -0.39 is 0 Å². The highest BCUT2D eigenvalue weighted by Gasteiger charge is 2.06. The topological polar surface area (TPSA) is 69.6 Å². The lowest BCUT2D eigenvalue weighted by Gasteiger charge is -2.12. The lowest BCUT2D eigenvalue weighted by Crippen LogP contribution is -2.38. The van der Waals surface area contributed by atoms with Crippen LogP contribution in [0.3, 0.4) is 0 Å². The van der Waals surface area contributed by atoms with Crippen LogP contribution in [-0.2, 0) is 11.3 Å². The molecule has 1 aromatic rings. The number of carbonyl (C=O) groups is 1. The number of nitrogens with zero attached hydrogens (tertiary/aromatic N) is 3. The summed E-state index contributed by atoms with van der Waals surface area (Å²) in [7, 11) is 3.46. The molecule has 0 bridgehead atoms. The molecular weight excluding hydrogens is 286 g/mol. The third kappa shape index (κ3) is 6.12. The van der Waals surface area contributed by atoms with Crippen molar-refractivity contribution in [2.75, 3.05) is 27.2 Å². The van der Waals surface area contributed by atoms with Gasteiger partial charge in [-0.05, 0) is 20.3 Å². The fourth-order valence-corrected chi connectivity index (χ4v) is 2.35. The SMILES string of the molecule is CCCNC(=NCC(=O)N(C)C)NCc1nc(C)c(C)s1. The van der Waals surface area contributed by atoms with Crippen LogP contribution in [0.2, 0.25) is 0 Å².